The van der Waals surface area contributed by atoms with Gasteiger partial charge in [-0.3, -0.25) is 24.4 Å². The van der Waals surface area contributed by atoms with Gasteiger partial charge < -0.3 is 33.9 Å². The van der Waals surface area contributed by atoms with Crippen molar-refractivity contribution in [3.05, 3.63) is 77.6 Å². The average Bonchev–Trinajstić information content (AvgIpc) is 3.55. The van der Waals surface area contributed by atoms with Gasteiger partial charge in [0, 0.05) is 68.9 Å². The standard InChI is InChI=1S/C48H63N7O7/c1-10-54-40-19-18-33-24-36(40)37(43(54)35-16-12-20-49-41(35)30(4)60-8)25-48(5,6)28-62-46(58)38-17-13-21-55(51-38)45(57)39(23-31-14-11-15-32(33)22-31)50-44(56)42(29(2)3)52(7)47(59)53-26-34(27-53)61-9/h11-12,14-16,18-20,22,24,29-30,34,38-39,42,51H,10,13,17,21,23,25-28H2,1-9H3,(H,50,56)/t30-,38-,39-,42-/m0/s1. The molecule has 7 rings (SSSR count). The third kappa shape index (κ3) is 9.09. The van der Waals surface area contributed by atoms with Crippen LogP contribution in [0.15, 0.2) is 60.8 Å². The SMILES string of the molecule is CCn1c(-c2cccnc2[C@H](C)OC)c2c3cc(ccc31)-c1cccc(c1)C[C@H](NC(=O)[C@H](C(C)C)N(C)C(=O)N1CC(OC)C1)C(=O)N1CCC[C@H](N1)C(=O)OCC(C)(C)C2. The highest BCUT2D eigenvalue weighted by Gasteiger charge is 2.40. The number of methoxy groups -OCH3 is 2. The highest BCUT2D eigenvalue weighted by Crippen LogP contribution is 2.42. The highest BCUT2D eigenvalue weighted by atomic mass is 16.5. The van der Waals surface area contributed by atoms with Gasteiger partial charge in [-0.1, -0.05) is 58.0 Å². The van der Waals surface area contributed by atoms with E-state index < -0.39 is 35.4 Å². The number of urea groups is 1. The van der Waals surface area contributed by atoms with Crippen molar-refractivity contribution >= 4 is 34.7 Å². The third-order valence-electron chi connectivity index (χ3n) is 12.7. The first-order valence-electron chi connectivity index (χ1n) is 22.0. The molecule has 2 saturated heterocycles. The Morgan fingerprint density at radius 2 is 1.81 bits per heavy atom. The van der Waals surface area contributed by atoms with Crippen molar-refractivity contribution in [1.82, 2.24) is 35.1 Å². The molecule has 0 aliphatic carbocycles. The van der Waals surface area contributed by atoms with Gasteiger partial charge >= 0.3 is 12.0 Å². The molecule has 2 aromatic carbocycles. The van der Waals surface area contributed by atoms with Crippen LogP contribution in [0.25, 0.3) is 33.3 Å². The number of amides is 4. The Balaban J connectivity index is 1.31. The van der Waals surface area contributed by atoms with Gasteiger partial charge in [-0.25, -0.2) is 10.2 Å². The van der Waals surface area contributed by atoms with E-state index in [1.165, 1.54) is 9.91 Å². The second kappa shape index (κ2) is 18.6. The van der Waals surface area contributed by atoms with Gasteiger partial charge in [0.2, 0.25) is 5.91 Å². The normalized spacial score (nSPS) is 20.6. The van der Waals surface area contributed by atoms with E-state index in [0.29, 0.717) is 45.4 Å². The molecule has 2 fully saturated rings. The van der Waals surface area contributed by atoms with E-state index in [1.54, 1.807) is 32.4 Å². The molecule has 5 heterocycles. The number of pyridine rings is 1. The number of nitrogens with zero attached hydrogens (tertiary/aromatic N) is 5. The predicted molar refractivity (Wildman–Crippen MR) is 238 cm³/mol. The van der Waals surface area contributed by atoms with E-state index in [9.17, 15) is 19.2 Å². The fourth-order valence-corrected chi connectivity index (χ4v) is 9.25. The molecule has 332 valence electrons. The van der Waals surface area contributed by atoms with Crippen molar-refractivity contribution < 1.29 is 33.4 Å². The van der Waals surface area contributed by atoms with Crippen LogP contribution in [0.4, 0.5) is 4.79 Å². The molecule has 0 unspecified atom stereocenters. The number of nitrogens with one attached hydrogen (secondary N) is 2. The van der Waals surface area contributed by atoms with Crippen LogP contribution < -0.4 is 10.7 Å². The number of esters is 1. The van der Waals surface area contributed by atoms with Crippen LogP contribution in [0.3, 0.4) is 0 Å². The molecule has 3 aliphatic heterocycles. The maximum absolute atomic E-state index is 14.6. The Hall–Kier alpha value is -5.31. The summed E-state index contributed by atoms with van der Waals surface area (Å²) in [5.74, 6) is -1.50. The minimum absolute atomic E-state index is 0.0344. The summed E-state index contributed by atoms with van der Waals surface area (Å²) >= 11 is 0. The fourth-order valence-electron chi connectivity index (χ4n) is 9.25. The smallest absolute Gasteiger partial charge is 0.324 e. The van der Waals surface area contributed by atoms with E-state index in [1.807, 2.05) is 39.0 Å². The van der Waals surface area contributed by atoms with Crippen LogP contribution in [0, 0.1) is 11.3 Å². The molecule has 14 heteroatoms. The van der Waals surface area contributed by atoms with Gasteiger partial charge in [0.1, 0.15) is 18.1 Å². The summed E-state index contributed by atoms with van der Waals surface area (Å²) in [4.78, 5) is 64.2. The lowest BCUT2D eigenvalue weighted by Crippen LogP contribution is -2.64. The minimum Gasteiger partial charge on any atom is -0.464 e. The molecular formula is C48H63N7O7. The predicted octanol–water partition coefficient (Wildman–Crippen LogP) is 6.15. The second-order valence-corrected chi connectivity index (χ2v) is 18.2. The van der Waals surface area contributed by atoms with Crippen molar-refractivity contribution in [2.45, 2.75) is 104 Å². The number of hydrazine groups is 1. The highest BCUT2D eigenvalue weighted by molar-refractivity contribution is 5.96. The maximum Gasteiger partial charge on any atom is 0.324 e. The third-order valence-corrected chi connectivity index (χ3v) is 12.7. The van der Waals surface area contributed by atoms with Crippen molar-refractivity contribution in [3.63, 3.8) is 0 Å². The summed E-state index contributed by atoms with van der Waals surface area (Å²) in [5.41, 5.74) is 10.6. The molecule has 4 amide bonds. The molecule has 6 bridgehead atoms. The molecule has 2 N–H and O–H groups in total. The Labute approximate surface area is 365 Å². The number of ether oxygens (including phenoxy) is 3. The topological polar surface area (TPSA) is 148 Å². The number of aromatic nitrogens is 2. The Morgan fingerprint density at radius 3 is 2.52 bits per heavy atom. The van der Waals surface area contributed by atoms with Crippen LogP contribution in [-0.2, 0) is 48.0 Å². The van der Waals surface area contributed by atoms with Crippen molar-refractivity contribution in [1.29, 1.82) is 0 Å². The molecule has 0 spiro atoms. The lowest BCUT2D eigenvalue weighted by Gasteiger charge is -2.42. The van der Waals surface area contributed by atoms with Crippen molar-refractivity contribution in [2.75, 3.05) is 47.5 Å². The molecule has 3 aliphatic rings. The number of cyclic esters (lactones) is 1. The largest absolute Gasteiger partial charge is 0.464 e. The van der Waals surface area contributed by atoms with E-state index in [4.69, 9.17) is 19.2 Å². The van der Waals surface area contributed by atoms with Crippen LogP contribution in [0.5, 0.6) is 0 Å². The van der Waals surface area contributed by atoms with E-state index >= 15 is 0 Å². The van der Waals surface area contributed by atoms with Gasteiger partial charge in [-0.05, 0) is 85.5 Å². The monoisotopic (exact) mass is 849 g/mol. The quantitative estimate of drug-likeness (QED) is 0.189. The van der Waals surface area contributed by atoms with Gasteiger partial charge in [-0.15, -0.1) is 0 Å². The number of likely N-dealkylation sites (N-methyl/N-ethyl adjacent to an activating group) is 1. The van der Waals surface area contributed by atoms with Crippen molar-refractivity contribution in [3.8, 4) is 22.4 Å². The Morgan fingerprint density at radius 1 is 1.05 bits per heavy atom. The van der Waals surface area contributed by atoms with Crippen LogP contribution in [0.1, 0.15) is 77.3 Å². The lowest BCUT2D eigenvalue weighted by atomic mass is 9.84. The van der Waals surface area contributed by atoms with Crippen LogP contribution >= 0.6 is 0 Å². The first-order chi connectivity index (χ1) is 29.6. The zero-order valence-corrected chi connectivity index (χ0v) is 37.7. The number of benzene rings is 2. The number of carbonyl (C=O) groups is 4. The molecule has 4 aromatic rings. The van der Waals surface area contributed by atoms with Crippen LogP contribution in [0.2, 0.25) is 0 Å². The number of fused-ring (bicyclic) bond motifs is 6. The van der Waals surface area contributed by atoms with Crippen LogP contribution in [-0.4, -0.2) is 120 Å². The average molecular weight is 850 g/mol. The van der Waals surface area contributed by atoms with Gasteiger partial charge in [0.25, 0.3) is 5.91 Å². The minimum atomic E-state index is -1.01. The number of hydrogen-bond donors (Lipinski definition) is 2. The Kier molecular flexibility index (Phi) is 13.4. The Bertz CT molecular complexity index is 2300. The maximum atomic E-state index is 14.6. The van der Waals surface area contributed by atoms with Gasteiger partial charge in [-0.2, -0.15) is 0 Å². The molecule has 62 heavy (non-hydrogen) atoms. The summed E-state index contributed by atoms with van der Waals surface area (Å²) in [6, 6.07) is 15.8. The number of carbonyl (C=O) groups excluding carboxylic acids is 4. The summed E-state index contributed by atoms with van der Waals surface area (Å²) in [5, 5.41) is 5.60. The summed E-state index contributed by atoms with van der Waals surface area (Å²) < 4.78 is 19.6. The number of likely N-dealkylation sites (tertiary alicyclic amines) is 1. The number of aryl methyl sites for hydroxylation is 1. The summed E-state index contributed by atoms with van der Waals surface area (Å²) in [7, 11) is 4.94. The molecule has 14 nitrogen and oxygen atoms in total. The molecule has 0 radical (unpaired) electrons. The summed E-state index contributed by atoms with van der Waals surface area (Å²) in [6.45, 7) is 14.3. The van der Waals surface area contributed by atoms with Gasteiger partial charge in [0.15, 0.2) is 0 Å². The number of hydrogen-bond acceptors (Lipinski definition) is 9. The fraction of sp³-hybridized carbons (Fsp3) is 0.521. The van der Waals surface area contributed by atoms with E-state index in [0.717, 1.165) is 50.1 Å². The zero-order chi connectivity index (χ0) is 44.5. The first kappa shape index (κ1) is 44.7. The van der Waals surface area contributed by atoms with E-state index in [-0.39, 0.29) is 43.1 Å². The second-order valence-electron chi connectivity index (χ2n) is 18.2. The molecule has 4 atom stereocenters. The lowest BCUT2D eigenvalue weighted by molar-refractivity contribution is -0.155. The molecule has 0 saturated carbocycles. The van der Waals surface area contributed by atoms with Gasteiger partial charge in [0.05, 0.1) is 43.3 Å². The zero-order valence-electron chi connectivity index (χ0n) is 37.7. The van der Waals surface area contributed by atoms with E-state index in [2.05, 4.69) is 72.5 Å². The molecular weight excluding hydrogens is 787 g/mol. The molecule has 2 aromatic heterocycles. The summed E-state index contributed by atoms with van der Waals surface area (Å²) in [6.07, 6.45) is 3.35. The number of rotatable bonds is 9. The van der Waals surface area contributed by atoms with Crippen molar-refractivity contribution in [2.24, 2.45) is 11.3 Å². The first-order valence-corrected chi connectivity index (χ1v) is 22.0.